The molecule has 0 fully saturated rings. The van der Waals surface area contributed by atoms with Gasteiger partial charge < -0.3 is 0 Å². The summed E-state index contributed by atoms with van der Waals surface area (Å²) in [5.74, 6) is -1.23. The molecule has 0 aliphatic rings. The van der Waals surface area contributed by atoms with Gasteiger partial charge in [-0.1, -0.05) is 108 Å². The fourth-order valence-corrected chi connectivity index (χ4v) is 6.53. The molecule has 7 heteroatoms. The van der Waals surface area contributed by atoms with Crippen LogP contribution in [0.1, 0.15) is 24.9 Å². The topological polar surface area (TPSA) is 46.2 Å². The summed E-state index contributed by atoms with van der Waals surface area (Å²) >= 11 is 17.9. The number of ketones is 1. The number of nitrogens with one attached hydrogen (secondary N) is 1. The summed E-state index contributed by atoms with van der Waals surface area (Å²) in [7, 11) is -3.34. The van der Waals surface area contributed by atoms with E-state index < -0.39 is 28.8 Å². The lowest BCUT2D eigenvalue weighted by Gasteiger charge is -2.33. The average molecular weight is 495 g/mol. The predicted octanol–water partition coefficient (Wildman–Crippen LogP) is 6.21. The van der Waals surface area contributed by atoms with Crippen molar-refractivity contribution in [2.75, 3.05) is 0 Å². The number of Topliss-reactive ketones (excluding diaryl/α,β-unsaturated/α-hetero) is 1. The lowest BCUT2D eigenvalue weighted by Crippen LogP contribution is -2.40. The van der Waals surface area contributed by atoms with Gasteiger partial charge in [0.2, 0.25) is 11.1 Å². The fraction of sp³-hybridized carbons (Fsp3) is 0.208. The molecule has 0 amide bonds. The van der Waals surface area contributed by atoms with Crippen molar-refractivity contribution in [1.29, 1.82) is 0 Å². The number of carbonyl (C=O) groups excluding carboxylic acids is 1. The minimum Gasteiger partial charge on any atom is -0.297 e. The minimum atomic E-state index is -3.34. The molecular formula is C24H23Cl3NO2P. The van der Waals surface area contributed by atoms with Crippen LogP contribution in [0.2, 0.25) is 0 Å². The van der Waals surface area contributed by atoms with E-state index in [1.165, 1.54) is 0 Å². The number of benzene rings is 3. The van der Waals surface area contributed by atoms with E-state index in [-0.39, 0.29) is 0 Å². The summed E-state index contributed by atoms with van der Waals surface area (Å²) in [6.07, 6.45) is 0.406. The second-order valence-electron chi connectivity index (χ2n) is 7.17. The van der Waals surface area contributed by atoms with Crippen LogP contribution < -0.4 is 15.7 Å². The van der Waals surface area contributed by atoms with Crippen molar-refractivity contribution in [2.45, 2.75) is 23.2 Å². The van der Waals surface area contributed by atoms with E-state index in [0.717, 1.165) is 5.56 Å². The molecule has 3 nitrogen and oxygen atoms in total. The second-order valence-corrected chi connectivity index (χ2v) is 12.0. The summed E-state index contributed by atoms with van der Waals surface area (Å²) < 4.78 is 12.5. The molecule has 1 N–H and O–H groups in total. The first-order valence-electron chi connectivity index (χ1n) is 9.92. The molecule has 2 atom stereocenters. The Hall–Kier alpha value is -1.61. The van der Waals surface area contributed by atoms with Gasteiger partial charge in [-0.05, 0) is 36.2 Å². The summed E-state index contributed by atoms with van der Waals surface area (Å²) in [6, 6.07) is 27.1. The minimum absolute atomic E-state index is 0.406. The molecule has 162 valence electrons. The van der Waals surface area contributed by atoms with Gasteiger partial charge in [-0.2, -0.15) is 0 Å². The normalized spacial score (nSPS) is 14.1. The molecular weight excluding hydrogens is 472 g/mol. The van der Waals surface area contributed by atoms with Crippen molar-refractivity contribution in [3.63, 3.8) is 0 Å². The molecule has 0 aliphatic carbocycles. The standard InChI is InChI=1S/C24H23Cl3NO2P/c1-2-21(23(29)24(25,26)27)22(18-12-6-3-7-13-18)28-31(30,19-14-8-4-9-15-19)20-16-10-5-11-17-20/h3-17,21-22H,2H2,1H3,(H,28,30)/t21-,22+/m0/s1. The second kappa shape index (κ2) is 10.3. The summed E-state index contributed by atoms with van der Waals surface area (Å²) in [5, 5.41) is 4.62. The Labute approximate surface area is 198 Å². The van der Waals surface area contributed by atoms with Gasteiger partial charge in [0.25, 0.3) is 0 Å². The van der Waals surface area contributed by atoms with Crippen LogP contribution in [0.5, 0.6) is 0 Å². The number of hydrogen-bond donors (Lipinski definition) is 1. The van der Waals surface area contributed by atoms with Crippen LogP contribution in [0.4, 0.5) is 0 Å². The van der Waals surface area contributed by atoms with Crippen LogP contribution in [-0.2, 0) is 9.36 Å². The number of halogens is 3. The summed E-state index contributed by atoms with van der Waals surface area (Å²) in [5.41, 5.74) is 0.795. The molecule has 0 spiro atoms. The lowest BCUT2D eigenvalue weighted by molar-refractivity contribution is -0.122. The van der Waals surface area contributed by atoms with Crippen molar-refractivity contribution in [2.24, 2.45) is 5.92 Å². The largest absolute Gasteiger partial charge is 0.297 e. The molecule has 3 aromatic carbocycles. The van der Waals surface area contributed by atoms with Gasteiger partial charge in [0.05, 0.1) is 0 Å². The number of rotatable bonds is 8. The summed E-state index contributed by atoms with van der Waals surface area (Å²) in [6.45, 7) is 1.85. The van der Waals surface area contributed by atoms with E-state index in [4.69, 9.17) is 34.8 Å². The molecule has 0 saturated carbocycles. The quantitative estimate of drug-likeness (QED) is 0.299. The maximum Gasteiger partial charge on any atom is 0.249 e. The van der Waals surface area contributed by atoms with E-state index in [0.29, 0.717) is 17.0 Å². The van der Waals surface area contributed by atoms with E-state index >= 15 is 0 Å². The van der Waals surface area contributed by atoms with Gasteiger partial charge in [0.15, 0.2) is 5.78 Å². The highest BCUT2D eigenvalue weighted by atomic mass is 35.6. The number of alkyl halides is 3. The lowest BCUT2D eigenvalue weighted by atomic mass is 9.88. The first kappa shape index (κ1) is 24.0. The van der Waals surface area contributed by atoms with Crippen molar-refractivity contribution in [3.05, 3.63) is 96.6 Å². The van der Waals surface area contributed by atoms with Gasteiger partial charge in [0, 0.05) is 22.6 Å². The van der Waals surface area contributed by atoms with Crippen LogP contribution >= 0.6 is 42.1 Å². The molecule has 0 saturated heterocycles. The van der Waals surface area contributed by atoms with Crippen molar-refractivity contribution in [1.82, 2.24) is 5.09 Å². The highest BCUT2D eigenvalue weighted by Gasteiger charge is 2.42. The Morgan fingerprint density at radius 3 is 1.65 bits per heavy atom. The molecule has 0 bridgehead atoms. The Morgan fingerprint density at radius 1 is 0.839 bits per heavy atom. The van der Waals surface area contributed by atoms with Gasteiger partial charge in [-0.3, -0.25) is 14.4 Å². The zero-order valence-electron chi connectivity index (χ0n) is 16.9. The smallest absolute Gasteiger partial charge is 0.249 e. The molecule has 3 rings (SSSR count). The van der Waals surface area contributed by atoms with Crippen LogP contribution in [0.3, 0.4) is 0 Å². The van der Waals surface area contributed by atoms with E-state index in [1.54, 1.807) is 0 Å². The number of carbonyl (C=O) groups is 1. The van der Waals surface area contributed by atoms with Crippen LogP contribution in [0, 0.1) is 5.92 Å². The Bertz CT molecular complexity index is 997. The monoisotopic (exact) mass is 493 g/mol. The Kier molecular flexibility index (Phi) is 8.02. The van der Waals surface area contributed by atoms with E-state index in [9.17, 15) is 9.36 Å². The number of hydrogen-bond acceptors (Lipinski definition) is 2. The maximum absolute atomic E-state index is 14.6. The van der Waals surface area contributed by atoms with Gasteiger partial charge in [0.1, 0.15) is 0 Å². The van der Waals surface area contributed by atoms with Crippen molar-refractivity contribution in [3.8, 4) is 0 Å². The molecule has 0 unspecified atom stereocenters. The van der Waals surface area contributed by atoms with E-state index in [1.807, 2.05) is 97.9 Å². The maximum atomic E-state index is 14.6. The first-order valence-corrected chi connectivity index (χ1v) is 12.8. The molecule has 0 radical (unpaired) electrons. The van der Waals surface area contributed by atoms with Crippen LogP contribution in [-0.4, -0.2) is 9.58 Å². The van der Waals surface area contributed by atoms with Crippen LogP contribution in [0.15, 0.2) is 91.0 Å². The molecule has 0 aliphatic heterocycles. The summed E-state index contributed by atoms with van der Waals surface area (Å²) in [4.78, 5) is 13.0. The predicted molar refractivity (Wildman–Crippen MR) is 131 cm³/mol. The third kappa shape index (κ3) is 5.61. The zero-order valence-corrected chi connectivity index (χ0v) is 20.1. The molecule has 31 heavy (non-hydrogen) atoms. The van der Waals surface area contributed by atoms with Gasteiger partial charge in [-0.15, -0.1) is 0 Å². The van der Waals surface area contributed by atoms with Crippen molar-refractivity contribution < 1.29 is 9.36 Å². The molecule has 0 aromatic heterocycles. The highest BCUT2D eigenvalue weighted by Crippen LogP contribution is 2.45. The Morgan fingerprint density at radius 2 is 1.26 bits per heavy atom. The average Bonchev–Trinajstić information content (AvgIpc) is 2.80. The highest BCUT2D eigenvalue weighted by molar-refractivity contribution is 7.76. The van der Waals surface area contributed by atoms with Crippen LogP contribution in [0.25, 0.3) is 0 Å². The molecule has 0 heterocycles. The third-order valence-corrected chi connectivity index (χ3v) is 8.43. The van der Waals surface area contributed by atoms with Gasteiger partial charge in [-0.25, -0.2) is 0 Å². The zero-order chi connectivity index (χ0) is 22.5. The van der Waals surface area contributed by atoms with Crippen molar-refractivity contribution >= 4 is 58.5 Å². The fourth-order valence-electron chi connectivity index (χ4n) is 3.61. The first-order chi connectivity index (χ1) is 14.8. The third-order valence-electron chi connectivity index (χ3n) is 5.18. The Balaban J connectivity index is 2.16. The van der Waals surface area contributed by atoms with Gasteiger partial charge >= 0.3 is 0 Å². The molecule has 3 aromatic rings. The van der Waals surface area contributed by atoms with E-state index in [2.05, 4.69) is 5.09 Å². The SMILES string of the molecule is CC[C@H](C(=O)C(Cl)(Cl)Cl)[C@H](NP(=O)(c1ccccc1)c1ccccc1)c1ccccc1.